The molecule has 1 atom stereocenters. The molecule has 0 fully saturated rings. The van der Waals surface area contributed by atoms with Crippen LogP contribution in [0.4, 0.5) is 5.69 Å². The molecule has 1 N–H and O–H groups in total. The van der Waals surface area contributed by atoms with Crippen LogP contribution in [0.2, 0.25) is 0 Å². The van der Waals surface area contributed by atoms with Gasteiger partial charge in [0, 0.05) is 17.5 Å². The van der Waals surface area contributed by atoms with E-state index >= 15 is 0 Å². The van der Waals surface area contributed by atoms with Crippen LogP contribution in [-0.4, -0.2) is 11.3 Å². The molecular weight excluding hydrogens is 210 g/mol. The van der Waals surface area contributed by atoms with Crippen molar-refractivity contribution in [3.8, 4) is 0 Å². The van der Waals surface area contributed by atoms with Crippen molar-refractivity contribution in [2.45, 2.75) is 18.7 Å². The average Bonchev–Trinajstić information content (AvgIpc) is 2.18. The molecule has 0 bridgehead atoms. The number of allylic oxidation sites excluding steroid dienone is 1. The number of amides is 1. The fourth-order valence-electron chi connectivity index (χ4n) is 1.10. The highest BCUT2D eigenvalue weighted by atomic mass is 35.5. The second kappa shape index (κ2) is 6.25. The van der Waals surface area contributed by atoms with Gasteiger partial charge in [0.05, 0.1) is 0 Å². The van der Waals surface area contributed by atoms with Gasteiger partial charge in [0.15, 0.2) is 0 Å². The molecule has 1 aromatic carbocycles. The molecule has 0 aliphatic rings. The Balaban J connectivity index is 2.37. The molecule has 0 saturated heterocycles. The minimum Gasteiger partial charge on any atom is -0.326 e. The molecule has 2 nitrogen and oxygen atoms in total. The summed E-state index contributed by atoms with van der Waals surface area (Å²) < 4.78 is 0. The summed E-state index contributed by atoms with van der Waals surface area (Å²) in [4.78, 5) is 11.4. The van der Waals surface area contributed by atoms with Crippen molar-refractivity contribution in [2.75, 3.05) is 5.32 Å². The summed E-state index contributed by atoms with van der Waals surface area (Å²) in [5.41, 5.74) is 0.815. The molecule has 1 unspecified atom stereocenters. The lowest BCUT2D eigenvalue weighted by Gasteiger charge is -2.02. The van der Waals surface area contributed by atoms with Gasteiger partial charge in [-0.05, 0) is 19.1 Å². The highest BCUT2D eigenvalue weighted by molar-refractivity contribution is 6.21. The summed E-state index contributed by atoms with van der Waals surface area (Å²) in [7, 11) is 0. The van der Waals surface area contributed by atoms with Crippen molar-refractivity contribution in [1.29, 1.82) is 0 Å². The Morgan fingerprint density at radius 2 is 2.13 bits per heavy atom. The highest BCUT2D eigenvalue weighted by Gasteiger charge is 1.98. The summed E-state index contributed by atoms with van der Waals surface area (Å²) in [5, 5.41) is 2.75. The molecule has 80 valence electrons. The summed E-state index contributed by atoms with van der Waals surface area (Å²) in [6, 6.07) is 9.38. The molecule has 1 rings (SSSR count). The number of halogens is 1. The van der Waals surface area contributed by atoms with E-state index in [0.717, 1.165) is 5.69 Å². The van der Waals surface area contributed by atoms with Gasteiger partial charge < -0.3 is 5.32 Å². The number of para-hydroxylation sites is 1. The Morgan fingerprint density at radius 1 is 1.47 bits per heavy atom. The van der Waals surface area contributed by atoms with Gasteiger partial charge >= 0.3 is 0 Å². The fourth-order valence-corrected chi connectivity index (χ4v) is 1.20. The van der Waals surface area contributed by atoms with Crippen LogP contribution in [0.15, 0.2) is 42.5 Å². The standard InChI is InChI=1S/C12H14ClNO/c1-10(13)6-5-9-12(15)14-11-7-3-2-4-8-11/h2-8,10H,9H2,1H3,(H,14,15)/b6-5+. The molecule has 0 saturated carbocycles. The number of benzene rings is 1. The SMILES string of the molecule is CC(Cl)/C=C/CC(=O)Nc1ccccc1. The predicted molar refractivity (Wildman–Crippen MR) is 64.1 cm³/mol. The van der Waals surface area contributed by atoms with E-state index < -0.39 is 0 Å². The van der Waals surface area contributed by atoms with Gasteiger partial charge in [-0.1, -0.05) is 30.4 Å². The summed E-state index contributed by atoms with van der Waals surface area (Å²) >= 11 is 5.70. The molecule has 0 heterocycles. The number of hydrogen-bond acceptors (Lipinski definition) is 1. The molecule has 1 amide bonds. The lowest BCUT2D eigenvalue weighted by atomic mass is 10.3. The summed E-state index contributed by atoms with van der Waals surface area (Å²) in [6.07, 6.45) is 3.92. The van der Waals surface area contributed by atoms with Crippen molar-refractivity contribution in [2.24, 2.45) is 0 Å². The molecule has 0 aliphatic carbocycles. The Hall–Kier alpha value is -1.28. The average molecular weight is 224 g/mol. The van der Waals surface area contributed by atoms with Crippen molar-refractivity contribution in [3.05, 3.63) is 42.5 Å². The first kappa shape index (κ1) is 11.8. The van der Waals surface area contributed by atoms with Crippen LogP contribution in [0.25, 0.3) is 0 Å². The van der Waals surface area contributed by atoms with E-state index in [9.17, 15) is 4.79 Å². The van der Waals surface area contributed by atoms with Gasteiger partial charge in [0.1, 0.15) is 0 Å². The minimum absolute atomic E-state index is 0.0326. The summed E-state index contributed by atoms with van der Waals surface area (Å²) in [6.45, 7) is 1.85. The number of nitrogens with one attached hydrogen (secondary N) is 1. The maximum absolute atomic E-state index is 11.4. The zero-order valence-electron chi connectivity index (χ0n) is 8.61. The van der Waals surface area contributed by atoms with Gasteiger partial charge in [-0.25, -0.2) is 0 Å². The van der Waals surface area contributed by atoms with Gasteiger partial charge in [0.25, 0.3) is 0 Å². The molecule has 15 heavy (non-hydrogen) atoms. The molecule has 0 aliphatic heterocycles. The van der Waals surface area contributed by atoms with E-state index in [0.29, 0.717) is 6.42 Å². The summed E-state index contributed by atoms with van der Waals surface area (Å²) in [5.74, 6) is -0.0326. The zero-order chi connectivity index (χ0) is 11.1. The van der Waals surface area contributed by atoms with Crippen LogP contribution in [-0.2, 0) is 4.79 Å². The topological polar surface area (TPSA) is 29.1 Å². The Labute approximate surface area is 94.9 Å². The minimum atomic E-state index is -0.0328. The molecule has 0 spiro atoms. The second-order valence-corrected chi connectivity index (χ2v) is 3.91. The third-order valence-corrected chi connectivity index (χ3v) is 1.91. The molecule has 3 heteroatoms. The number of hydrogen-bond donors (Lipinski definition) is 1. The lowest BCUT2D eigenvalue weighted by molar-refractivity contribution is -0.115. The number of alkyl halides is 1. The van der Waals surface area contributed by atoms with Crippen LogP contribution in [0.3, 0.4) is 0 Å². The maximum Gasteiger partial charge on any atom is 0.228 e. The maximum atomic E-state index is 11.4. The van der Waals surface area contributed by atoms with E-state index in [1.165, 1.54) is 0 Å². The van der Waals surface area contributed by atoms with Gasteiger partial charge in [-0.15, -0.1) is 11.6 Å². The third-order valence-electron chi connectivity index (χ3n) is 1.76. The molecule has 0 radical (unpaired) electrons. The smallest absolute Gasteiger partial charge is 0.228 e. The third kappa shape index (κ3) is 5.23. The van der Waals surface area contributed by atoms with E-state index in [1.54, 1.807) is 12.2 Å². The Morgan fingerprint density at radius 3 is 2.73 bits per heavy atom. The van der Waals surface area contributed by atoms with Gasteiger partial charge in [0.2, 0.25) is 5.91 Å². The van der Waals surface area contributed by atoms with E-state index in [1.807, 2.05) is 37.3 Å². The zero-order valence-corrected chi connectivity index (χ0v) is 9.37. The first-order valence-electron chi connectivity index (χ1n) is 4.84. The van der Waals surface area contributed by atoms with Crippen molar-refractivity contribution in [1.82, 2.24) is 0 Å². The Kier molecular flexibility index (Phi) is 4.91. The quantitative estimate of drug-likeness (QED) is 0.617. The van der Waals surface area contributed by atoms with Crippen LogP contribution < -0.4 is 5.32 Å². The largest absolute Gasteiger partial charge is 0.326 e. The first-order chi connectivity index (χ1) is 7.18. The van der Waals surface area contributed by atoms with E-state index in [-0.39, 0.29) is 11.3 Å². The van der Waals surface area contributed by atoms with Crippen molar-refractivity contribution >= 4 is 23.2 Å². The number of carbonyl (C=O) groups is 1. The highest BCUT2D eigenvalue weighted by Crippen LogP contribution is 2.05. The fraction of sp³-hybridized carbons (Fsp3) is 0.250. The van der Waals surface area contributed by atoms with Crippen molar-refractivity contribution in [3.63, 3.8) is 0 Å². The lowest BCUT2D eigenvalue weighted by Crippen LogP contribution is -2.09. The second-order valence-electron chi connectivity index (χ2n) is 3.22. The van der Waals surface area contributed by atoms with Gasteiger partial charge in [-0.2, -0.15) is 0 Å². The predicted octanol–water partition coefficient (Wildman–Crippen LogP) is 3.20. The molecule has 1 aromatic rings. The van der Waals surface area contributed by atoms with Crippen LogP contribution in [0.5, 0.6) is 0 Å². The number of carbonyl (C=O) groups excluding carboxylic acids is 1. The van der Waals surface area contributed by atoms with Gasteiger partial charge in [-0.3, -0.25) is 4.79 Å². The van der Waals surface area contributed by atoms with Crippen LogP contribution in [0, 0.1) is 0 Å². The number of rotatable bonds is 4. The molecule has 0 aromatic heterocycles. The first-order valence-corrected chi connectivity index (χ1v) is 5.28. The molecular formula is C12H14ClNO. The van der Waals surface area contributed by atoms with E-state index in [2.05, 4.69) is 5.32 Å². The van der Waals surface area contributed by atoms with Crippen LogP contribution >= 0.6 is 11.6 Å². The number of anilines is 1. The van der Waals surface area contributed by atoms with E-state index in [4.69, 9.17) is 11.6 Å². The van der Waals surface area contributed by atoms with Crippen LogP contribution in [0.1, 0.15) is 13.3 Å². The monoisotopic (exact) mass is 223 g/mol. The normalized spacial score (nSPS) is 12.7. The van der Waals surface area contributed by atoms with Crippen molar-refractivity contribution < 1.29 is 4.79 Å². The Bertz CT molecular complexity index is 333.